The molecule has 4 aromatic rings. The number of H-pyrrole nitrogens is 2. The smallest absolute Gasteiger partial charge is 0.254 e. The summed E-state index contributed by atoms with van der Waals surface area (Å²) in [6.07, 6.45) is 4.34. The summed E-state index contributed by atoms with van der Waals surface area (Å²) in [5.74, 6) is 1.07. The molecule has 7 heteroatoms. The Morgan fingerprint density at radius 2 is 2.22 bits per heavy atom. The molecule has 27 heavy (non-hydrogen) atoms. The summed E-state index contributed by atoms with van der Waals surface area (Å²) < 4.78 is 6.44. The maximum absolute atomic E-state index is 12.4. The lowest BCUT2D eigenvalue weighted by molar-refractivity contribution is 0.241. The van der Waals surface area contributed by atoms with Crippen molar-refractivity contribution in [3.05, 3.63) is 74.4 Å². The van der Waals surface area contributed by atoms with Crippen molar-refractivity contribution >= 4 is 26.8 Å². The highest BCUT2D eigenvalue weighted by Crippen LogP contribution is 2.25. The largest absolute Gasteiger partial charge is 0.461 e. The Balaban J connectivity index is 1.44. The van der Waals surface area contributed by atoms with Crippen molar-refractivity contribution in [3.8, 4) is 11.6 Å². The second-order valence-corrected chi connectivity index (χ2v) is 7.70. The number of hydrogen-bond donors (Lipinski definition) is 2. The van der Waals surface area contributed by atoms with Crippen LogP contribution in [0, 0.1) is 0 Å². The Labute approximate surface area is 163 Å². The van der Waals surface area contributed by atoms with E-state index in [1.807, 2.05) is 0 Å². The Hall–Kier alpha value is -2.64. The number of rotatable bonds is 3. The molecule has 0 saturated carbocycles. The molecule has 1 aliphatic rings. The van der Waals surface area contributed by atoms with E-state index >= 15 is 0 Å². The van der Waals surface area contributed by atoms with Gasteiger partial charge < -0.3 is 14.4 Å². The molecular weight excluding hydrogens is 408 g/mol. The van der Waals surface area contributed by atoms with Crippen molar-refractivity contribution < 1.29 is 4.42 Å². The predicted octanol–water partition coefficient (Wildman–Crippen LogP) is 3.83. The predicted molar refractivity (Wildman–Crippen MR) is 106 cm³/mol. The molecule has 1 aliphatic heterocycles. The van der Waals surface area contributed by atoms with Crippen LogP contribution in [0.1, 0.15) is 16.8 Å². The van der Waals surface area contributed by atoms with Crippen molar-refractivity contribution in [3.63, 3.8) is 0 Å². The van der Waals surface area contributed by atoms with Gasteiger partial charge >= 0.3 is 0 Å². The summed E-state index contributed by atoms with van der Waals surface area (Å²) >= 11 is 3.51. The average molecular weight is 425 g/mol. The lowest BCUT2D eigenvalue weighted by Crippen LogP contribution is -2.35. The first kappa shape index (κ1) is 16.5. The fourth-order valence-corrected chi connectivity index (χ4v) is 4.05. The van der Waals surface area contributed by atoms with Crippen LogP contribution in [0.4, 0.5) is 0 Å². The molecule has 3 aromatic heterocycles. The molecule has 0 amide bonds. The highest BCUT2D eigenvalue weighted by Gasteiger charge is 2.22. The number of aromatic nitrogens is 3. The van der Waals surface area contributed by atoms with E-state index in [1.165, 1.54) is 10.9 Å². The molecule has 4 heterocycles. The van der Waals surface area contributed by atoms with Crippen LogP contribution < -0.4 is 5.56 Å². The number of benzene rings is 1. The number of hydrogen-bond acceptors (Lipinski definition) is 4. The molecule has 2 N–H and O–H groups in total. The molecule has 136 valence electrons. The van der Waals surface area contributed by atoms with E-state index < -0.39 is 0 Å². The Bertz CT molecular complexity index is 1180. The fourth-order valence-electron chi connectivity index (χ4n) is 3.69. The third-order valence-corrected chi connectivity index (χ3v) is 5.52. The van der Waals surface area contributed by atoms with Crippen LogP contribution in [-0.4, -0.2) is 26.4 Å². The molecule has 0 spiro atoms. The second kappa shape index (κ2) is 6.51. The van der Waals surface area contributed by atoms with Crippen molar-refractivity contribution in [1.29, 1.82) is 0 Å². The van der Waals surface area contributed by atoms with Crippen molar-refractivity contribution in [2.24, 2.45) is 0 Å². The third kappa shape index (κ3) is 3.02. The summed E-state index contributed by atoms with van der Waals surface area (Å²) in [7, 11) is 0. The van der Waals surface area contributed by atoms with Gasteiger partial charge in [0.15, 0.2) is 11.6 Å². The lowest BCUT2D eigenvalue weighted by Gasteiger charge is -2.27. The molecule has 0 radical (unpaired) electrons. The van der Waals surface area contributed by atoms with Gasteiger partial charge in [-0.25, -0.2) is 4.98 Å². The topological polar surface area (TPSA) is 77.9 Å². The lowest BCUT2D eigenvalue weighted by atomic mass is 10.1. The number of fused-ring (bicyclic) bond motifs is 2. The Morgan fingerprint density at radius 1 is 1.30 bits per heavy atom. The van der Waals surface area contributed by atoms with Gasteiger partial charge in [-0.3, -0.25) is 9.69 Å². The zero-order chi connectivity index (χ0) is 18.4. The summed E-state index contributed by atoms with van der Waals surface area (Å²) in [6.45, 7) is 2.29. The van der Waals surface area contributed by atoms with Crippen LogP contribution in [-0.2, 0) is 19.5 Å². The molecule has 0 unspecified atom stereocenters. The molecule has 0 saturated heterocycles. The van der Waals surface area contributed by atoms with Crippen molar-refractivity contribution in [1.82, 2.24) is 19.9 Å². The monoisotopic (exact) mass is 424 g/mol. The zero-order valence-corrected chi connectivity index (χ0v) is 16.0. The zero-order valence-electron chi connectivity index (χ0n) is 14.5. The minimum atomic E-state index is -0.0667. The van der Waals surface area contributed by atoms with E-state index in [-0.39, 0.29) is 5.56 Å². The van der Waals surface area contributed by atoms with E-state index in [2.05, 4.69) is 60.2 Å². The molecule has 6 nitrogen and oxygen atoms in total. The number of aromatic amines is 2. The second-order valence-electron chi connectivity index (χ2n) is 6.78. The summed E-state index contributed by atoms with van der Waals surface area (Å²) in [4.78, 5) is 25.6. The summed E-state index contributed by atoms with van der Waals surface area (Å²) in [5.41, 5.74) is 3.91. The van der Waals surface area contributed by atoms with Crippen molar-refractivity contribution in [2.45, 2.75) is 19.5 Å². The van der Waals surface area contributed by atoms with Crippen molar-refractivity contribution in [2.75, 3.05) is 6.54 Å². The molecule has 0 bridgehead atoms. The minimum Gasteiger partial charge on any atom is -0.461 e. The Kier molecular flexibility index (Phi) is 3.98. The quantitative estimate of drug-likeness (QED) is 0.523. The number of halogens is 1. The van der Waals surface area contributed by atoms with E-state index in [4.69, 9.17) is 4.42 Å². The van der Waals surface area contributed by atoms with E-state index in [1.54, 1.807) is 18.4 Å². The number of nitrogens with one attached hydrogen (secondary N) is 2. The van der Waals surface area contributed by atoms with Crippen LogP contribution in [0.3, 0.4) is 0 Å². The summed E-state index contributed by atoms with van der Waals surface area (Å²) in [6, 6.07) is 9.86. The molecule has 0 fully saturated rings. The minimum absolute atomic E-state index is 0.0667. The SMILES string of the molecule is O=c1[nH]c(-c2ccco2)nc2c1CCN(Cc1c[nH]c3cc(Br)ccc13)C2. The molecule has 5 rings (SSSR count). The maximum atomic E-state index is 12.4. The fraction of sp³-hybridized carbons (Fsp3) is 0.200. The maximum Gasteiger partial charge on any atom is 0.254 e. The summed E-state index contributed by atoms with van der Waals surface area (Å²) in [5, 5.41) is 1.22. The van der Waals surface area contributed by atoms with Gasteiger partial charge in [0.25, 0.3) is 5.56 Å². The molecule has 1 aromatic carbocycles. The normalized spacial score (nSPS) is 14.6. The average Bonchev–Trinajstić information content (AvgIpc) is 3.32. The number of nitrogens with zero attached hydrogens (tertiary/aromatic N) is 2. The standard InChI is InChI=1S/C20H17BrN4O2/c21-13-3-4-14-12(9-22-16(14)8-13)10-25-6-5-15-17(11-25)23-19(24-20(15)26)18-2-1-7-27-18/h1-4,7-9,22H,5-6,10-11H2,(H,23,24,26). The van der Waals surface area contributed by atoms with E-state index in [0.717, 1.165) is 34.3 Å². The van der Waals surface area contributed by atoms with Gasteiger partial charge in [-0.15, -0.1) is 0 Å². The Morgan fingerprint density at radius 3 is 3.07 bits per heavy atom. The van der Waals surface area contributed by atoms with E-state index in [9.17, 15) is 4.79 Å². The first-order valence-electron chi connectivity index (χ1n) is 8.81. The number of furan rings is 1. The van der Waals surface area contributed by atoms with Gasteiger partial charge in [0.1, 0.15) is 0 Å². The highest BCUT2D eigenvalue weighted by atomic mass is 79.9. The van der Waals surface area contributed by atoms with Gasteiger partial charge in [-0.1, -0.05) is 22.0 Å². The first-order chi connectivity index (χ1) is 13.2. The third-order valence-electron chi connectivity index (χ3n) is 5.03. The van der Waals surface area contributed by atoms with Crippen LogP contribution in [0.25, 0.3) is 22.5 Å². The molecular formula is C20H17BrN4O2. The van der Waals surface area contributed by atoms with Gasteiger partial charge in [-0.05, 0) is 36.2 Å². The molecule has 0 atom stereocenters. The van der Waals surface area contributed by atoms with Gasteiger partial charge in [0.2, 0.25) is 0 Å². The van der Waals surface area contributed by atoms with Gasteiger partial charge in [0.05, 0.1) is 12.0 Å². The van der Waals surface area contributed by atoms with Gasteiger partial charge in [0, 0.05) is 46.8 Å². The highest BCUT2D eigenvalue weighted by molar-refractivity contribution is 9.10. The van der Waals surface area contributed by atoms with Crippen LogP contribution in [0.2, 0.25) is 0 Å². The van der Waals surface area contributed by atoms with Crippen LogP contribution in [0.15, 0.2) is 56.5 Å². The van der Waals surface area contributed by atoms with E-state index in [0.29, 0.717) is 24.6 Å². The van der Waals surface area contributed by atoms with Crippen LogP contribution in [0.5, 0.6) is 0 Å². The van der Waals surface area contributed by atoms with Crippen LogP contribution >= 0.6 is 15.9 Å². The van der Waals surface area contributed by atoms with Gasteiger partial charge in [-0.2, -0.15) is 0 Å². The first-order valence-corrected chi connectivity index (χ1v) is 9.60. The molecule has 0 aliphatic carbocycles.